The van der Waals surface area contributed by atoms with Crippen molar-refractivity contribution in [3.8, 4) is 27.7 Å². The topological polar surface area (TPSA) is 92.6 Å². The molecule has 0 fully saturated rings. The average molecular weight is 461 g/mol. The summed E-state index contributed by atoms with van der Waals surface area (Å²) in [5.41, 5.74) is 2.61. The average Bonchev–Trinajstić information content (AvgIpc) is 3.14. The number of phenols is 1. The maximum absolute atomic E-state index is 13.7. The summed E-state index contributed by atoms with van der Waals surface area (Å²) in [6.45, 7) is 1.86. The molecule has 8 heteroatoms. The summed E-state index contributed by atoms with van der Waals surface area (Å²) in [6, 6.07) is 17.4. The monoisotopic (exact) mass is 460 g/mol. The molecular weight excluding hydrogens is 439 g/mol. The number of aromatic hydroxyl groups is 1. The van der Waals surface area contributed by atoms with E-state index in [0.717, 1.165) is 31.7 Å². The third-order valence-electron chi connectivity index (χ3n) is 4.98. The second-order valence-electron chi connectivity index (χ2n) is 7.20. The van der Waals surface area contributed by atoms with Gasteiger partial charge in [-0.25, -0.2) is 4.39 Å². The fourth-order valence-corrected chi connectivity index (χ4v) is 4.62. The summed E-state index contributed by atoms with van der Waals surface area (Å²) in [6.07, 6.45) is 3.55. The van der Waals surface area contributed by atoms with E-state index in [9.17, 15) is 9.50 Å². The van der Waals surface area contributed by atoms with Gasteiger partial charge in [0.15, 0.2) is 11.6 Å². The van der Waals surface area contributed by atoms with Crippen molar-refractivity contribution in [2.24, 2.45) is 21.2 Å². The van der Waals surface area contributed by atoms with Crippen LogP contribution in [-0.4, -0.2) is 18.0 Å². The number of ether oxygens (including phenoxy) is 1. The molecule has 0 unspecified atom stereocenters. The maximum Gasteiger partial charge on any atom is 0.171 e. The highest BCUT2D eigenvalue weighted by Crippen LogP contribution is 2.47. The van der Waals surface area contributed by atoms with Crippen LogP contribution < -0.4 is 10.6 Å². The number of hydrogen-bond donors (Lipinski definition) is 2. The van der Waals surface area contributed by atoms with Crippen molar-refractivity contribution in [3.63, 3.8) is 0 Å². The van der Waals surface area contributed by atoms with Crippen LogP contribution in [0.15, 0.2) is 82.1 Å². The molecule has 6 nitrogen and oxygen atoms in total. The zero-order valence-electron chi connectivity index (χ0n) is 18.0. The van der Waals surface area contributed by atoms with Gasteiger partial charge in [0.05, 0.1) is 4.88 Å². The lowest BCUT2D eigenvalue weighted by Crippen LogP contribution is -1.89. The van der Waals surface area contributed by atoms with Crippen LogP contribution >= 0.6 is 11.3 Å². The third-order valence-corrected chi connectivity index (χ3v) is 6.14. The van der Waals surface area contributed by atoms with E-state index in [0.29, 0.717) is 17.3 Å². The van der Waals surface area contributed by atoms with E-state index in [4.69, 9.17) is 10.6 Å². The van der Waals surface area contributed by atoms with Crippen LogP contribution in [-0.2, 0) is 0 Å². The molecule has 3 N–H and O–H groups in total. The van der Waals surface area contributed by atoms with E-state index in [2.05, 4.69) is 15.3 Å². The summed E-state index contributed by atoms with van der Waals surface area (Å²) >= 11 is 1.49. The second kappa shape index (κ2) is 9.62. The molecule has 0 aliphatic rings. The van der Waals surface area contributed by atoms with Crippen LogP contribution in [0.25, 0.3) is 26.6 Å². The molecule has 1 heterocycles. The first-order chi connectivity index (χ1) is 16.0. The van der Waals surface area contributed by atoms with Gasteiger partial charge in [0.25, 0.3) is 0 Å². The Morgan fingerprint density at radius 2 is 1.88 bits per heavy atom. The van der Waals surface area contributed by atoms with Crippen LogP contribution in [0.2, 0.25) is 0 Å². The third kappa shape index (κ3) is 4.91. The summed E-state index contributed by atoms with van der Waals surface area (Å²) in [5, 5.41) is 17.8. The molecule has 0 saturated heterocycles. The number of aliphatic imine (C=N–C) groups is 1. The lowest BCUT2D eigenvalue weighted by atomic mass is 10.1. The van der Waals surface area contributed by atoms with Gasteiger partial charge >= 0.3 is 0 Å². The number of fused-ring (bicyclic) bond motifs is 1. The molecule has 0 spiro atoms. The maximum atomic E-state index is 13.7. The predicted molar refractivity (Wildman–Crippen MR) is 132 cm³/mol. The Bertz CT molecular complexity index is 1390. The molecule has 0 radical (unpaired) electrons. The number of hydrogen-bond acceptors (Lipinski definition) is 5. The number of benzene rings is 3. The number of phenolic OH excluding ortho intramolecular Hbond substituents is 1. The van der Waals surface area contributed by atoms with Gasteiger partial charge in [-0.05, 0) is 72.2 Å². The predicted octanol–water partition coefficient (Wildman–Crippen LogP) is 6.88. The first-order valence-electron chi connectivity index (χ1n) is 10.0. The van der Waals surface area contributed by atoms with Crippen molar-refractivity contribution in [1.82, 2.24) is 0 Å². The highest BCUT2D eigenvalue weighted by molar-refractivity contribution is 7.22. The lowest BCUT2D eigenvalue weighted by molar-refractivity contribution is 0.476. The highest BCUT2D eigenvalue weighted by Gasteiger charge is 2.18. The minimum atomic E-state index is -0.287. The van der Waals surface area contributed by atoms with E-state index in [1.165, 1.54) is 23.5 Å². The Labute approximate surface area is 194 Å². The van der Waals surface area contributed by atoms with Crippen LogP contribution in [0.1, 0.15) is 11.1 Å². The minimum Gasteiger partial charge on any atom is -0.508 e. The number of thiophene rings is 1. The number of amidine groups is 1. The lowest BCUT2D eigenvalue weighted by Gasteiger charge is -2.10. The number of rotatable bonds is 5. The Balaban J connectivity index is 1.70. The summed E-state index contributed by atoms with van der Waals surface area (Å²) in [4.78, 5) is 4.84. The van der Waals surface area contributed by atoms with Gasteiger partial charge in [-0.15, -0.1) is 16.5 Å². The number of halogens is 1. The van der Waals surface area contributed by atoms with E-state index in [-0.39, 0.29) is 11.6 Å². The fourth-order valence-electron chi connectivity index (χ4n) is 3.37. The van der Waals surface area contributed by atoms with Crippen LogP contribution in [0.4, 0.5) is 4.39 Å². The van der Waals surface area contributed by atoms with Crippen molar-refractivity contribution in [2.75, 3.05) is 7.05 Å². The SMILES string of the molecule is CN=C(/C=C/c1ccc(Oc2c(-c3ccc(F)cc3C)sc3cc(O)ccc23)cc1)N=NN. The molecule has 0 saturated carbocycles. The normalized spacial score (nSPS) is 12.3. The highest BCUT2D eigenvalue weighted by atomic mass is 32.1. The molecule has 166 valence electrons. The summed E-state index contributed by atoms with van der Waals surface area (Å²) in [7, 11) is 1.61. The summed E-state index contributed by atoms with van der Waals surface area (Å²) in [5.74, 6) is 6.68. The molecule has 4 aromatic rings. The van der Waals surface area contributed by atoms with Crippen molar-refractivity contribution in [3.05, 3.63) is 83.7 Å². The number of aryl methyl sites for hydroxylation is 1. The molecule has 0 atom stereocenters. The van der Waals surface area contributed by atoms with Gasteiger partial charge in [-0.2, -0.15) is 0 Å². The molecule has 1 aromatic heterocycles. The molecular formula is C25H21FN4O2S. The largest absolute Gasteiger partial charge is 0.508 e. The van der Waals surface area contributed by atoms with Crippen LogP contribution in [0.5, 0.6) is 17.2 Å². The van der Waals surface area contributed by atoms with E-state index in [1.807, 2.05) is 43.3 Å². The molecule has 0 bridgehead atoms. The van der Waals surface area contributed by atoms with E-state index >= 15 is 0 Å². The van der Waals surface area contributed by atoms with Crippen LogP contribution in [0.3, 0.4) is 0 Å². The Morgan fingerprint density at radius 1 is 1.09 bits per heavy atom. The molecule has 0 aliphatic carbocycles. The van der Waals surface area contributed by atoms with Crippen LogP contribution in [0, 0.1) is 12.7 Å². The molecule has 0 amide bonds. The molecule has 0 aliphatic heterocycles. The smallest absolute Gasteiger partial charge is 0.171 e. The molecule has 4 rings (SSSR count). The molecule has 3 aromatic carbocycles. The van der Waals surface area contributed by atoms with Gasteiger partial charge in [0.2, 0.25) is 0 Å². The van der Waals surface area contributed by atoms with Crippen molar-refractivity contribution in [2.45, 2.75) is 6.92 Å². The zero-order valence-corrected chi connectivity index (χ0v) is 18.8. The van der Waals surface area contributed by atoms with E-state index in [1.54, 1.807) is 31.3 Å². The summed E-state index contributed by atoms with van der Waals surface area (Å²) < 4.78 is 20.9. The van der Waals surface area contributed by atoms with Gasteiger partial charge in [-0.1, -0.05) is 29.5 Å². The molecule has 33 heavy (non-hydrogen) atoms. The van der Waals surface area contributed by atoms with Crippen molar-refractivity contribution < 1.29 is 14.2 Å². The number of nitrogens with two attached hydrogens (primary N) is 1. The Kier molecular flexibility index (Phi) is 6.46. The van der Waals surface area contributed by atoms with Gasteiger partial charge in [-0.3, -0.25) is 4.99 Å². The van der Waals surface area contributed by atoms with Crippen molar-refractivity contribution in [1.29, 1.82) is 0 Å². The second-order valence-corrected chi connectivity index (χ2v) is 8.25. The minimum absolute atomic E-state index is 0.179. The first kappa shape index (κ1) is 22.2. The van der Waals surface area contributed by atoms with Crippen molar-refractivity contribution >= 4 is 33.3 Å². The van der Waals surface area contributed by atoms with Gasteiger partial charge < -0.3 is 15.7 Å². The zero-order chi connectivity index (χ0) is 23.4. The standard InChI is InChI=1S/C25H21FN4O2S/c1-15-13-17(26)6-10-20(15)25-24(21-11-7-18(31)14-22(21)33-25)32-19-8-3-16(4-9-19)5-12-23(28-2)29-30-27/h3-14,31H,1-2H3,(H2,27,28,29)/b12-5+. The quantitative estimate of drug-likeness (QED) is 0.112. The van der Waals surface area contributed by atoms with E-state index < -0.39 is 0 Å². The van der Waals surface area contributed by atoms with Gasteiger partial charge in [0, 0.05) is 17.1 Å². The Morgan fingerprint density at radius 3 is 2.58 bits per heavy atom. The van der Waals surface area contributed by atoms with Gasteiger partial charge in [0.1, 0.15) is 17.3 Å². The first-order valence-corrected chi connectivity index (χ1v) is 10.9. The number of nitrogens with zero attached hydrogens (tertiary/aromatic N) is 3. The fraction of sp³-hybridized carbons (Fsp3) is 0.0800. The Hall–Kier alpha value is -4.04.